The van der Waals surface area contributed by atoms with Gasteiger partial charge in [0.15, 0.2) is 0 Å². The van der Waals surface area contributed by atoms with Crippen LogP contribution in [0.4, 0.5) is 17.8 Å². The summed E-state index contributed by atoms with van der Waals surface area (Å²) in [7, 11) is 0. The first kappa shape index (κ1) is 58.7. The molecule has 18 heteroatoms. The minimum absolute atomic E-state index is 0.0707. The number of ether oxygens (including phenoxy) is 6. The van der Waals surface area contributed by atoms with Crippen molar-refractivity contribution < 1.29 is 57.2 Å². The normalized spacial score (nSPS) is 11.5. The van der Waals surface area contributed by atoms with E-state index in [1.807, 2.05) is 9.80 Å². The number of unbranched alkanes of at least 4 members (excludes halogenated alkanes) is 4. The fourth-order valence-electron chi connectivity index (χ4n) is 5.66. The van der Waals surface area contributed by atoms with Crippen LogP contribution in [0.3, 0.4) is 0 Å². The smallest absolute Gasteiger partial charge is 0.333 e. The summed E-state index contributed by atoms with van der Waals surface area (Å²) in [6.07, 6.45) is 2.87. The Morgan fingerprint density at radius 1 is 0.388 bits per heavy atom. The fourth-order valence-corrected chi connectivity index (χ4v) is 5.66. The number of carbonyl (C=O) groups excluding carboxylic acids is 6. The summed E-state index contributed by atoms with van der Waals surface area (Å²) in [6.45, 7) is 37.3. The van der Waals surface area contributed by atoms with Crippen LogP contribution in [0.15, 0.2) is 72.9 Å². The molecule has 0 bridgehead atoms. The van der Waals surface area contributed by atoms with Crippen LogP contribution in [0.1, 0.15) is 107 Å². The SMILES string of the molecule is C=C(C)C(=O)OCCCCN(CCCCOC(=O)C(=C)C)c1nc(N(CCCCOC(=O)C(=C)C)CCCCOC(=O)C(=C)C)nc(N(CC(C)OC(=O)C(=C)C)CC(C)OC(=O)C(=C)C)n1. The van der Waals surface area contributed by atoms with Crippen LogP contribution < -0.4 is 14.7 Å². The molecule has 372 valence electrons. The zero-order chi connectivity index (χ0) is 50.6. The number of hydrogen-bond donors (Lipinski definition) is 0. The highest BCUT2D eigenvalue weighted by Crippen LogP contribution is 2.23. The summed E-state index contributed by atoms with van der Waals surface area (Å²) in [4.78, 5) is 94.5. The molecule has 18 nitrogen and oxygen atoms in total. The molecule has 0 amide bonds. The van der Waals surface area contributed by atoms with E-state index in [9.17, 15) is 28.8 Å². The molecule has 0 fully saturated rings. The van der Waals surface area contributed by atoms with Gasteiger partial charge in [-0.3, -0.25) is 0 Å². The molecule has 0 spiro atoms. The number of anilines is 3. The summed E-state index contributed by atoms with van der Waals surface area (Å²) in [5, 5.41) is 0. The van der Waals surface area contributed by atoms with Crippen LogP contribution >= 0.6 is 0 Å². The van der Waals surface area contributed by atoms with Gasteiger partial charge in [-0.05, 0) is 107 Å². The first-order valence-electron chi connectivity index (χ1n) is 22.6. The van der Waals surface area contributed by atoms with E-state index >= 15 is 0 Å². The molecule has 0 aromatic carbocycles. The third-order valence-electron chi connectivity index (χ3n) is 9.33. The number of hydrogen-bond acceptors (Lipinski definition) is 18. The Morgan fingerprint density at radius 2 is 0.612 bits per heavy atom. The summed E-state index contributed by atoms with van der Waals surface area (Å²) in [5.74, 6) is -2.35. The van der Waals surface area contributed by atoms with Gasteiger partial charge in [0.1, 0.15) is 12.2 Å². The maximum absolute atomic E-state index is 12.7. The van der Waals surface area contributed by atoms with Crippen LogP contribution in [0.2, 0.25) is 0 Å². The third kappa shape index (κ3) is 24.7. The van der Waals surface area contributed by atoms with Gasteiger partial charge in [0, 0.05) is 59.6 Å². The van der Waals surface area contributed by atoms with Crippen molar-refractivity contribution in [1.29, 1.82) is 0 Å². The van der Waals surface area contributed by atoms with Gasteiger partial charge in [-0.25, -0.2) is 28.8 Å². The minimum atomic E-state index is -0.711. The van der Waals surface area contributed by atoms with Gasteiger partial charge in [0.05, 0.1) is 39.5 Å². The Bertz CT molecular complexity index is 1730. The molecule has 0 saturated heterocycles. The highest BCUT2D eigenvalue weighted by atomic mass is 16.6. The van der Waals surface area contributed by atoms with Crippen molar-refractivity contribution in [1.82, 2.24) is 15.0 Å². The number of aromatic nitrogens is 3. The van der Waals surface area contributed by atoms with Crippen molar-refractivity contribution in [3.63, 3.8) is 0 Å². The van der Waals surface area contributed by atoms with Crippen molar-refractivity contribution in [3.8, 4) is 0 Å². The molecule has 0 N–H and O–H groups in total. The van der Waals surface area contributed by atoms with Crippen molar-refractivity contribution in [2.45, 2.75) is 119 Å². The van der Waals surface area contributed by atoms with E-state index in [4.69, 9.17) is 43.4 Å². The lowest BCUT2D eigenvalue weighted by atomic mass is 10.2. The molecule has 1 heterocycles. The van der Waals surface area contributed by atoms with Gasteiger partial charge in [-0.2, -0.15) is 15.0 Å². The number of nitrogens with zero attached hydrogens (tertiary/aromatic N) is 6. The van der Waals surface area contributed by atoms with Crippen LogP contribution in [0.25, 0.3) is 0 Å². The molecular weight excluding hydrogens is 865 g/mol. The molecule has 1 aromatic heterocycles. The van der Waals surface area contributed by atoms with Gasteiger partial charge in [0.25, 0.3) is 0 Å². The van der Waals surface area contributed by atoms with Crippen LogP contribution in [-0.4, -0.2) is 129 Å². The lowest BCUT2D eigenvalue weighted by Crippen LogP contribution is -2.41. The first-order valence-corrected chi connectivity index (χ1v) is 22.6. The highest BCUT2D eigenvalue weighted by molar-refractivity contribution is 5.89. The molecule has 1 rings (SSSR count). The first-order chi connectivity index (χ1) is 31.5. The topological polar surface area (TPSA) is 206 Å². The predicted molar refractivity (Wildman–Crippen MR) is 257 cm³/mol. The average molecular weight is 939 g/mol. The van der Waals surface area contributed by atoms with Crippen LogP contribution in [0.5, 0.6) is 0 Å². The largest absolute Gasteiger partial charge is 0.462 e. The zero-order valence-corrected chi connectivity index (χ0v) is 41.2. The lowest BCUT2D eigenvalue weighted by Gasteiger charge is -2.31. The molecule has 1 aromatic rings. The van der Waals surface area contributed by atoms with E-state index < -0.39 is 48.0 Å². The van der Waals surface area contributed by atoms with Gasteiger partial charge < -0.3 is 43.1 Å². The second kappa shape index (κ2) is 31.6. The maximum Gasteiger partial charge on any atom is 0.333 e. The third-order valence-corrected chi connectivity index (χ3v) is 9.33. The second-order valence-corrected chi connectivity index (χ2v) is 16.6. The fraction of sp³-hybridized carbons (Fsp3) is 0.571. The van der Waals surface area contributed by atoms with E-state index in [1.54, 1.807) is 60.3 Å². The zero-order valence-electron chi connectivity index (χ0n) is 41.2. The number of rotatable bonds is 35. The second-order valence-electron chi connectivity index (χ2n) is 16.6. The summed E-state index contributed by atoms with van der Waals surface area (Å²) in [6, 6.07) is 0. The molecule has 0 radical (unpaired) electrons. The molecule has 2 atom stereocenters. The Kier molecular flexibility index (Phi) is 27.6. The molecular formula is C49H74N6O12. The Hall–Kier alpha value is -6.33. The highest BCUT2D eigenvalue weighted by Gasteiger charge is 2.26. The molecule has 2 unspecified atom stereocenters. The van der Waals surface area contributed by atoms with Crippen molar-refractivity contribution in [2.24, 2.45) is 0 Å². The number of carbonyl (C=O) groups is 6. The van der Waals surface area contributed by atoms with E-state index in [0.29, 0.717) is 99.8 Å². The lowest BCUT2D eigenvalue weighted by molar-refractivity contribution is -0.143. The quantitative estimate of drug-likeness (QED) is 0.0293. The van der Waals surface area contributed by atoms with E-state index in [0.717, 1.165) is 0 Å². The monoisotopic (exact) mass is 939 g/mol. The Morgan fingerprint density at radius 3 is 0.836 bits per heavy atom. The molecule has 0 aliphatic heterocycles. The van der Waals surface area contributed by atoms with Gasteiger partial charge >= 0.3 is 35.8 Å². The van der Waals surface area contributed by atoms with Crippen molar-refractivity contribution in [2.75, 3.05) is 80.4 Å². The standard InChI is InChI=1S/C49H74N6O12/c1-33(2)41(56)62-27-19-15-23-53(24-16-20-28-63-42(57)34(3)4)47-50-48(54(25-17-21-29-64-43(58)35(5)6)26-18-22-30-65-44(59)36(7)8)52-49(51-47)55(31-39(13)66-45(60)37(9)10)32-40(14)67-46(61)38(11)12/h39-40H,1,3,5,7,9,11,15-32H2,2,4,6,8,10,12-14H3. The van der Waals surface area contributed by atoms with E-state index in [1.165, 1.54) is 0 Å². The molecule has 0 aliphatic carbocycles. The van der Waals surface area contributed by atoms with Crippen molar-refractivity contribution in [3.05, 3.63) is 72.9 Å². The molecule has 67 heavy (non-hydrogen) atoms. The molecule has 0 aliphatic rings. The number of esters is 6. The van der Waals surface area contributed by atoms with Crippen LogP contribution in [-0.2, 0) is 57.2 Å². The van der Waals surface area contributed by atoms with Gasteiger partial charge in [0.2, 0.25) is 17.8 Å². The van der Waals surface area contributed by atoms with Gasteiger partial charge in [-0.1, -0.05) is 39.5 Å². The maximum atomic E-state index is 12.7. The van der Waals surface area contributed by atoms with Gasteiger partial charge in [-0.15, -0.1) is 0 Å². The van der Waals surface area contributed by atoms with Crippen molar-refractivity contribution >= 4 is 53.7 Å². The summed E-state index contributed by atoms with van der Waals surface area (Å²) < 4.78 is 32.8. The predicted octanol–water partition coefficient (Wildman–Crippen LogP) is 6.90. The Labute approximate surface area is 397 Å². The summed E-state index contributed by atoms with van der Waals surface area (Å²) >= 11 is 0. The Balaban J connectivity index is 3.94. The average Bonchev–Trinajstić information content (AvgIpc) is 3.25. The summed E-state index contributed by atoms with van der Waals surface area (Å²) in [5.41, 5.74) is 1.60. The van der Waals surface area contributed by atoms with Crippen LogP contribution in [0, 0.1) is 0 Å². The van der Waals surface area contributed by atoms with E-state index in [-0.39, 0.29) is 68.5 Å². The van der Waals surface area contributed by atoms with E-state index in [2.05, 4.69) is 39.5 Å². The molecule has 0 saturated carbocycles. The minimum Gasteiger partial charge on any atom is -0.462 e.